The van der Waals surface area contributed by atoms with Crippen LogP contribution in [-0.2, 0) is 0 Å². The first-order chi connectivity index (χ1) is 4.47. The SMILES string of the molecule is [CH]1C[C@@H]2CCCC[C@@H]2C1. The molecule has 0 N–H and O–H groups in total. The Morgan fingerprint density at radius 2 is 1.44 bits per heavy atom. The summed E-state index contributed by atoms with van der Waals surface area (Å²) in [4.78, 5) is 0. The monoisotopic (exact) mass is 123 g/mol. The average molecular weight is 123 g/mol. The van der Waals surface area contributed by atoms with Crippen LogP contribution >= 0.6 is 0 Å². The van der Waals surface area contributed by atoms with Gasteiger partial charge in [-0.05, 0) is 31.1 Å². The maximum Gasteiger partial charge on any atom is -0.0380 e. The van der Waals surface area contributed by atoms with E-state index in [9.17, 15) is 0 Å². The molecule has 0 saturated heterocycles. The van der Waals surface area contributed by atoms with E-state index >= 15 is 0 Å². The molecular formula is C9H15. The van der Waals surface area contributed by atoms with E-state index < -0.39 is 0 Å². The smallest absolute Gasteiger partial charge is 0.0380 e. The Bertz CT molecular complexity index is 84.2. The van der Waals surface area contributed by atoms with Crippen molar-refractivity contribution >= 4 is 0 Å². The molecule has 9 heavy (non-hydrogen) atoms. The lowest BCUT2D eigenvalue weighted by Gasteiger charge is -2.24. The highest BCUT2D eigenvalue weighted by atomic mass is 14.3. The molecule has 2 rings (SSSR count). The summed E-state index contributed by atoms with van der Waals surface area (Å²) in [6.07, 6.45) is 11.4. The molecule has 2 aliphatic carbocycles. The Balaban J connectivity index is 1.97. The van der Waals surface area contributed by atoms with Crippen molar-refractivity contribution in [3.05, 3.63) is 6.42 Å². The zero-order valence-corrected chi connectivity index (χ0v) is 5.97. The van der Waals surface area contributed by atoms with Gasteiger partial charge in [0, 0.05) is 0 Å². The summed E-state index contributed by atoms with van der Waals surface area (Å²) in [5.74, 6) is 2.22. The third kappa shape index (κ3) is 0.997. The van der Waals surface area contributed by atoms with Crippen LogP contribution in [0.2, 0.25) is 0 Å². The van der Waals surface area contributed by atoms with Gasteiger partial charge in [-0.2, -0.15) is 0 Å². The molecule has 0 unspecified atom stereocenters. The van der Waals surface area contributed by atoms with Crippen LogP contribution in [0.25, 0.3) is 0 Å². The molecule has 51 valence electrons. The van der Waals surface area contributed by atoms with Gasteiger partial charge in [0.05, 0.1) is 0 Å². The van der Waals surface area contributed by atoms with Crippen LogP contribution in [0.4, 0.5) is 0 Å². The summed E-state index contributed by atoms with van der Waals surface area (Å²) < 4.78 is 0. The maximum atomic E-state index is 2.50. The Hall–Kier alpha value is 0. The first-order valence-electron chi connectivity index (χ1n) is 4.28. The van der Waals surface area contributed by atoms with Gasteiger partial charge in [-0.1, -0.05) is 25.7 Å². The molecule has 0 aromatic carbocycles. The quantitative estimate of drug-likeness (QED) is 0.464. The lowest BCUT2D eigenvalue weighted by Crippen LogP contribution is -2.12. The molecule has 0 spiro atoms. The number of rotatable bonds is 0. The highest BCUT2D eigenvalue weighted by Crippen LogP contribution is 2.41. The van der Waals surface area contributed by atoms with Crippen LogP contribution in [0.5, 0.6) is 0 Å². The molecule has 0 amide bonds. The van der Waals surface area contributed by atoms with Crippen molar-refractivity contribution in [2.24, 2.45) is 11.8 Å². The Labute approximate surface area is 57.6 Å². The van der Waals surface area contributed by atoms with Gasteiger partial charge in [0.2, 0.25) is 0 Å². The summed E-state index contributed by atoms with van der Waals surface area (Å²) in [6.45, 7) is 0. The largest absolute Gasteiger partial charge is 0.0530 e. The number of fused-ring (bicyclic) bond motifs is 1. The molecule has 0 aliphatic heterocycles. The minimum Gasteiger partial charge on any atom is -0.0530 e. The second kappa shape index (κ2) is 2.32. The van der Waals surface area contributed by atoms with Crippen molar-refractivity contribution < 1.29 is 0 Å². The van der Waals surface area contributed by atoms with Gasteiger partial charge in [-0.15, -0.1) is 0 Å². The summed E-state index contributed by atoms with van der Waals surface area (Å²) in [7, 11) is 0. The third-order valence-corrected chi connectivity index (χ3v) is 3.01. The fourth-order valence-corrected chi connectivity index (χ4v) is 2.43. The van der Waals surface area contributed by atoms with Crippen LogP contribution in [-0.4, -0.2) is 0 Å². The molecule has 0 nitrogen and oxygen atoms in total. The fourth-order valence-electron chi connectivity index (χ4n) is 2.43. The first kappa shape index (κ1) is 5.76. The van der Waals surface area contributed by atoms with Crippen LogP contribution in [0.1, 0.15) is 38.5 Å². The van der Waals surface area contributed by atoms with Crippen LogP contribution in [0.15, 0.2) is 0 Å². The van der Waals surface area contributed by atoms with Gasteiger partial charge in [-0.3, -0.25) is 0 Å². The normalized spacial score (nSPS) is 42.7. The summed E-state index contributed by atoms with van der Waals surface area (Å²) >= 11 is 0. The van der Waals surface area contributed by atoms with Gasteiger partial charge in [0.1, 0.15) is 0 Å². The van der Waals surface area contributed by atoms with Crippen molar-refractivity contribution in [2.45, 2.75) is 38.5 Å². The van der Waals surface area contributed by atoms with Crippen molar-refractivity contribution in [2.75, 3.05) is 0 Å². The second-order valence-corrected chi connectivity index (χ2v) is 3.56. The summed E-state index contributed by atoms with van der Waals surface area (Å²) in [5, 5.41) is 0. The number of hydrogen-bond donors (Lipinski definition) is 0. The molecule has 0 heteroatoms. The molecule has 0 aromatic rings. The predicted octanol–water partition coefficient (Wildman–Crippen LogP) is 2.79. The van der Waals surface area contributed by atoms with Gasteiger partial charge >= 0.3 is 0 Å². The van der Waals surface area contributed by atoms with Crippen molar-refractivity contribution in [3.8, 4) is 0 Å². The molecule has 0 bridgehead atoms. The molecule has 0 heterocycles. The van der Waals surface area contributed by atoms with Crippen molar-refractivity contribution in [1.29, 1.82) is 0 Å². The fraction of sp³-hybridized carbons (Fsp3) is 0.889. The molecule has 0 aromatic heterocycles. The van der Waals surface area contributed by atoms with Crippen LogP contribution in [0.3, 0.4) is 0 Å². The Kier molecular flexibility index (Phi) is 1.48. The summed E-state index contributed by atoms with van der Waals surface area (Å²) in [5.41, 5.74) is 0. The molecule has 2 aliphatic rings. The molecular weight excluding hydrogens is 108 g/mol. The van der Waals surface area contributed by atoms with E-state index in [1.165, 1.54) is 38.5 Å². The van der Waals surface area contributed by atoms with Gasteiger partial charge in [0.25, 0.3) is 0 Å². The van der Waals surface area contributed by atoms with E-state index in [1.807, 2.05) is 0 Å². The third-order valence-electron chi connectivity index (χ3n) is 3.01. The first-order valence-corrected chi connectivity index (χ1v) is 4.28. The predicted molar refractivity (Wildman–Crippen MR) is 39.0 cm³/mol. The van der Waals surface area contributed by atoms with E-state index in [0.29, 0.717) is 0 Å². The lowest BCUT2D eigenvalue weighted by molar-refractivity contribution is 0.277. The van der Waals surface area contributed by atoms with E-state index in [1.54, 1.807) is 0 Å². The van der Waals surface area contributed by atoms with Gasteiger partial charge < -0.3 is 0 Å². The zero-order chi connectivity index (χ0) is 6.10. The van der Waals surface area contributed by atoms with Crippen LogP contribution in [0, 0.1) is 18.3 Å². The molecule has 2 fully saturated rings. The highest BCUT2D eigenvalue weighted by Gasteiger charge is 2.28. The Morgan fingerprint density at radius 3 is 2.00 bits per heavy atom. The molecule has 2 atom stereocenters. The van der Waals surface area contributed by atoms with Crippen molar-refractivity contribution in [3.63, 3.8) is 0 Å². The average Bonchev–Trinajstić information content (AvgIpc) is 2.33. The Morgan fingerprint density at radius 1 is 0.889 bits per heavy atom. The van der Waals surface area contributed by atoms with Crippen molar-refractivity contribution in [1.82, 2.24) is 0 Å². The minimum absolute atomic E-state index is 1.11. The number of hydrogen-bond acceptors (Lipinski definition) is 0. The maximum absolute atomic E-state index is 2.50. The van der Waals surface area contributed by atoms with Gasteiger partial charge in [0.15, 0.2) is 0 Å². The van der Waals surface area contributed by atoms with E-state index in [2.05, 4.69) is 6.42 Å². The van der Waals surface area contributed by atoms with E-state index in [-0.39, 0.29) is 0 Å². The lowest BCUT2D eigenvalue weighted by atomic mass is 9.82. The summed E-state index contributed by atoms with van der Waals surface area (Å²) in [6, 6.07) is 0. The molecule has 2 saturated carbocycles. The van der Waals surface area contributed by atoms with Crippen LogP contribution < -0.4 is 0 Å². The topological polar surface area (TPSA) is 0 Å². The van der Waals surface area contributed by atoms with E-state index in [4.69, 9.17) is 0 Å². The second-order valence-electron chi connectivity index (χ2n) is 3.56. The minimum atomic E-state index is 1.11. The standard InChI is InChI=1S/C9H15/c1-2-5-9-7-3-6-8(9)4-1/h3,8-9H,1-2,4-7H2/t8-,9+. The highest BCUT2D eigenvalue weighted by molar-refractivity contribution is 4.89. The van der Waals surface area contributed by atoms with Gasteiger partial charge in [-0.25, -0.2) is 0 Å². The van der Waals surface area contributed by atoms with E-state index in [0.717, 1.165) is 11.8 Å². The molecule has 1 radical (unpaired) electrons. The zero-order valence-electron chi connectivity index (χ0n) is 5.97.